The van der Waals surface area contributed by atoms with Gasteiger partial charge in [-0.2, -0.15) is 0 Å². The van der Waals surface area contributed by atoms with Crippen LogP contribution in [0.25, 0.3) is 108 Å². The Hall–Kier alpha value is -6.21. The Kier molecular flexibility index (Phi) is 6.26. The number of aromatic nitrogens is 3. The lowest BCUT2D eigenvalue weighted by Gasteiger charge is -2.09. The first-order chi connectivity index (χ1) is 25.3. The normalized spacial score (nSPS) is 11.9. The van der Waals surface area contributed by atoms with Crippen LogP contribution in [0.5, 0.6) is 0 Å². The van der Waals surface area contributed by atoms with Gasteiger partial charge in [0.25, 0.3) is 0 Å². The van der Waals surface area contributed by atoms with Gasteiger partial charge >= 0.3 is 0 Å². The lowest BCUT2D eigenvalue weighted by Crippen LogP contribution is -2.00. The third kappa shape index (κ3) is 4.47. The molecule has 0 saturated heterocycles. The Bertz CT molecular complexity index is 3160. The minimum Gasteiger partial charge on any atom is -0.455 e. The van der Waals surface area contributed by atoms with E-state index < -0.39 is 0 Å². The summed E-state index contributed by atoms with van der Waals surface area (Å²) in [5.41, 5.74) is 6.57. The molecule has 0 saturated carbocycles. The number of para-hydroxylation sites is 2. The van der Waals surface area contributed by atoms with Gasteiger partial charge in [0.2, 0.25) is 0 Å². The zero-order valence-corrected chi connectivity index (χ0v) is 28.6. The molecule has 0 amide bonds. The van der Waals surface area contributed by atoms with E-state index in [2.05, 4.69) is 121 Å². The first-order valence-electron chi connectivity index (χ1n) is 16.9. The van der Waals surface area contributed by atoms with Gasteiger partial charge in [0.15, 0.2) is 17.5 Å². The van der Waals surface area contributed by atoms with Crippen molar-refractivity contribution in [2.45, 2.75) is 0 Å². The fourth-order valence-electron chi connectivity index (χ4n) is 7.37. The summed E-state index contributed by atoms with van der Waals surface area (Å²) in [6.07, 6.45) is 0. The first-order valence-corrected chi connectivity index (χ1v) is 18.5. The van der Waals surface area contributed by atoms with Crippen molar-refractivity contribution in [1.29, 1.82) is 0 Å². The van der Waals surface area contributed by atoms with Gasteiger partial charge < -0.3 is 4.42 Å². The van der Waals surface area contributed by atoms with Gasteiger partial charge in [-0.1, -0.05) is 115 Å². The molecule has 0 atom stereocenters. The second-order valence-electron chi connectivity index (χ2n) is 12.7. The average molecular weight is 688 g/mol. The summed E-state index contributed by atoms with van der Waals surface area (Å²) in [5.74, 6) is 1.82. The number of benzene rings is 7. The Balaban J connectivity index is 1.13. The van der Waals surface area contributed by atoms with E-state index in [1.807, 2.05) is 41.7 Å². The largest absolute Gasteiger partial charge is 0.455 e. The molecule has 11 aromatic rings. The molecule has 7 aromatic carbocycles. The summed E-state index contributed by atoms with van der Waals surface area (Å²) >= 11 is 3.64. The van der Waals surface area contributed by atoms with Gasteiger partial charge in [-0.25, -0.2) is 15.0 Å². The lowest BCUT2D eigenvalue weighted by molar-refractivity contribution is 0.670. The number of thiophene rings is 2. The van der Waals surface area contributed by atoms with Gasteiger partial charge in [-0.05, 0) is 36.4 Å². The molecule has 11 rings (SSSR count). The second kappa shape index (κ2) is 11.2. The third-order valence-corrected chi connectivity index (χ3v) is 12.1. The highest BCUT2D eigenvalue weighted by Crippen LogP contribution is 2.45. The molecule has 4 nitrogen and oxygen atoms in total. The van der Waals surface area contributed by atoms with Crippen LogP contribution in [0.1, 0.15) is 0 Å². The molecule has 4 aromatic heterocycles. The third-order valence-electron chi connectivity index (χ3n) is 9.76. The van der Waals surface area contributed by atoms with Gasteiger partial charge in [0.05, 0.1) is 5.56 Å². The van der Waals surface area contributed by atoms with E-state index in [0.29, 0.717) is 17.5 Å². The number of hydrogen-bond donors (Lipinski definition) is 0. The molecule has 6 heteroatoms. The van der Waals surface area contributed by atoms with Crippen LogP contribution in [0.4, 0.5) is 0 Å². The van der Waals surface area contributed by atoms with Gasteiger partial charge in [-0.3, -0.25) is 0 Å². The molecule has 0 aliphatic carbocycles. The van der Waals surface area contributed by atoms with E-state index in [0.717, 1.165) is 44.2 Å². The van der Waals surface area contributed by atoms with Gasteiger partial charge in [-0.15, -0.1) is 22.7 Å². The standard InChI is InChI=1S/C45H25N3OS2/c1-2-11-26(12-3-1)43-46-44(27-23-24-39-36(25-27)29-14-5-6-21-37(29)50-39)48-45(47-43)35-20-9-16-31-30-15-8-17-32(40(30)49-41(31)35)34-19-10-18-33-28-13-4-7-22-38(28)51-42(33)34/h1-25H. The maximum atomic E-state index is 6.94. The second-order valence-corrected chi connectivity index (χ2v) is 14.9. The summed E-state index contributed by atoms with van der Waals surface area (Å²) in [7, 11) is 0. The van der Waals surface area contributed by atoms with Crippen molar-refractivity contribution in [1.82, 2.24) is 15.0 Å². The van der Waals surface area contributed by atoms with Crippen molar-refractivity contribution < 1.29 is 4.42 Å². The van der Waals surface area contributed by atoms with E-state index in [4.69, 9.17) is 19.4 Å². The van der Waals surface area contributed by atoms with Gasteiger partial charge in [0.1, 0.15) is 11.2 Å². The van der Waals surface area contributed by atoms with Crippen LogP contribution in [-0.2, 0) is 0 Å². The molecule has 4 heterocycles. The maximum Gasteiger partial charge on any atom is 0.167 e. The lowest BCUT2D eigenvalue weighted by atomic mass is 10.00. The summed E-state index contributed by atoms with van der Waals surface area (Å²) in [4.78, 5) is 15.3. The van der Waals surface area contributed by atoms with Crippen LogP contribution in [0.2, 0.25) is 0 Å². The van der Waals surface area contributed by atoms with E-state index in [1.165, 1.54) is 45.9 Å². The topological polar surface area (TPSA) is 51.8 Å². The summed E-state index contributed by atoms with van der Waals surface area (Å²) in [5, 5.41) is 7.09. The molecule has 238 valence electrons. The summed E-state index contributed by atoms with van der Waals surface area (Å²) in [6.45, 7) is 0. The molecule has 0 aliphatic heterocycles. The van der Waals surface area contributed by atoms with Crippen molar-refractivity contribution >= 4 is 85.0 Å². The Morgan fingerprint density at radius 2 is 0.902 bits per heavy atom. The van der Waals surface area contributed by atoms with E-state index in [-0.39, 0.29) is 0 Å². The van der Waals surface area contributed by atoms with Crippen LogP contribution in [-0.4, -0.2) is 15.0 Å². The minimum absolute atomic E-state index is 0.576. The zero-order valence-electron chi connectivity index (χ0n) is 27.0. The molecule has 0 radical (unpaired) electrons. The molecule has 0 aliphatic rings. The molecule has 0 N–H and O–H groups in total. The predicted molar refractivity (Wildman–Crippen MR) is 215 cm³/mol. The fourth-order valence-corrected chi connectivity index (χ4v) is 9.69. The summed E-state index contributed by atoms with van der Waals surface area (Å²) in [6, 6.07) is 53.1. The van der Waals surface area contributed by atoms with Crippen LogP contribution < -0.4 is 0 Å². The van der Waals surface area contributed by atoms with Crippen LogP contribution >= 0.6 is 22.7 Å². The molecular weight excluding hydrogens is 663 g/mol. The Morgan fingerprint density at radius 1 is 0.353 bits per heavy atom. The van der Waals surface area contributed by atoms with Crippen molar-refractivity contribution in [2.75, 3.05) is 0 Å². The highest BCUT2D eigenvalue weighted by molar-refractivity contribution is 7.26. The number of rotatable bonds is 4. The summed E-state index contributed by atoms with van der Waals surface area (Å²) < 4.78 is 12.0. The number of furan rings is 1. The molecule has 51 heavy (non-hydrogen) atoms. The SMILES string of the molecule is c1ccc(-c2nc(-c3ccc4sc5ccccc5c4c3)nc(-c3cccc4c3oc3c(-c5cccc6c5sc5ccccc56)cccc34)n2)cc1. The monoisotopic (exact) mass is 687 g/mol. The van der Waals surface area contributed by atoms with E-state index in [1.54, 1.807) is 11.3 Å². The Morgan fingerprint density at radius 3 is 1.69 bits per heavy atom. The van der Waals surface area contributed by atoms with Crippen molar-refractivity contribution in [3.05, 3.63) is 152 Å². The number of nitrogens with zero attached hydrogens (tertiary/aromatic N) is 3. The van der Waals surface area contributed by atoms with E-state index >= 15 is 0 Å². The maximum absolute atomic E-state index is 6.94. The zero-order chi connectivity index (χ0) is 33.5. The molecular formula is C45H25N3OS2. The molecule has 0 unspecified atom stereocenters. The number of fused-ring (bicyclic) bond motifs is 9. The van der Waals surface area contributed by atoms with Crippen LogP contribution in [0.15, 0.2) is 156 Å². The highest BCUT2D eigenvalue weighted by atomic mass is 32.1. The molecule has 0 spiro atoms. The average Bonchev–Trinajstić information content (AvgIpc) is 3.89. The molecule has 0 fully saturated rings. The molecule has 0 bridgehead atoms. The van der Waals surface area contributed by atoms with Crippen molar-refractivity contribution in [2.24, 2.45) is 0 Å². The van der Waals surface area contributed by atoms with Crippen LogP contribution in [0.3, 0.4) is 0 Å². The fraction of sp³-hybridized carbons (Fsp3) is 0. The first kappa shape index (κ1) is 28.6. The predicted octanol–water partition coefficient (Wildman–Crippen LogP) is 13.2. The van der Waals surface area contributed by atoms with Crippen molar-refractivity contribution in [3.8, 4) is 45.3 Å². The van der Waals surface area contributed by atoms with Crippen LogP contribution in [0, 0.1) is 0 Å². The smallest absolute Gasteiger partial charge is 0.167 e. The minimum atomic E-state index is 0.576. The van der Waals surface area contributed by atoms with E-state index in [9.17, 15) is 0 Å². The Labute approximate surface area is 299 Å². The van der Waals surface area contributed by atoms with Crippen molar-refractivity contribution in [3.63, 3.8) is 0 Å². The number of hydrogen-bond acceptors (Lipinski definition) is 6. The highest BCUT2D eigenvalue weighted by Gasteiger charge is 2.21. The quantitative estimate of drug-likeness (QED) is 0.185. The van der Waals surface area contributed by atoms with Gasteiger partial charge in [0, 0.05) is 73.4 Å².